The summed E-state index contributed by atoms with van der Waals surface area (Å²) >= 11 is 4.62. The van der Waals surface area contributed by atoms with Crippen LogP contribution < -0.4 is 15.8 Å². The van der Waals surface area contributed by atoms with Crippen LogP contribution in [0.15, 0.2) is 70.4 Å². The van der Waals surface area contributed by atoms with E-state index in [1.165, 1.54) is 16.2 Å². The van der Waals surface area contributed by atoms with E-state index >= 15 is 0 Å². The van der Waals surface area contributed by atoms with Crippen molar-refractivity contribution < 1.29 is 14.3 Å². The second-order valence-corrected chi connectivity index (χ2v) is 9.78. The third-order valence-electron chi connectivity index (χ3n) is 4.28. The van der Waals surface area contributed by atoms with Crippen molar-refractivity contribution in [2.75, 3.05) is 5.32 Å². The number of hydrogen-bond acceptors (Lipinski definition) is 8. The minimum Gasteiger partial charge on any atom is -0.488 e. The van der Waals surface area contributed by atoms with Gasteiger partial charge in [0.2, 0.25) is 5.13 Å². The number of nitrogens with two attached hydrogens (primary N) is 1. The van der Waals surface area contributed by atoms with Gasteiger partial charge in [0.1, 0.15) is 12.4 Å². The van der Waals surface area contributed by atoms with E-state index in [-0.39, 0.29) is 12.5 Å². The van der Waals surface area contributed by atoms with Gasteiger partial charge < -0.3 is 10.5 Å². The molecule has 0 aliphatic carbocycles. The van der Waals surface area contributed by atoms with E-state index in [4.69, 9.17) is 10.5 Å². The average molecular weight is 483 g/mol. The van der Waals surface area contributed by atoms with Gasteiger partial charge in [-0.15, -0.1) is 21.5 Å². The number of rotatable bonds is 9. The molecule has 0 atom stereocenters. The van der Waals surface area contributed by atoms with Gasteiger partial charge in [0.15, 0.2) is 4.34 Å². The lowest BCUT2D eigenvalue weighted by atomic mass is 10.1. The molecular formula is C22H18N4O3S3. The lowest BCUT2D eigenvalue weighted by Gasteiger charge is -2.10. The normalized spacial score (nSPS) is 10.6. The number of amides is 2. The summed E-state index contributed by atoms with van der Waals surface area (Å²) in [5.74, 6) is 0.381. The molecule has 4 aromatic rings. The molecule has 2 amide bonds. The van der Waals surface area contributed by atoms with E-state index in [2.05, 4.69) is 21.6 Å². The monoisotopic (exact) mass is 482 g/mol. The van der Waals surface area contributed by atoms with Gasteiger partial charge in [-0.25, -0.2) is 0 Å². The number of primary amides is 1. The number of nitrogens with zero attached hydrogens (tertiary/aromatic N) is 2. The fourth-order valence-corrected chi connectivity index (χ4v) is 5.30. The topological polar surface area (TPSA) is 107 Å². The summed E-state index contributed by atoms with van der Waals surface area (Å²) in [5, 5.41) is 13.5. The van der Waals surface area contributed by atoms with Gasteiger partial charge in [0.25, 0.3) is 11.8 Å². The number of benzene rings is 2. The first kappa shape index (κ1) is 22.0. The van der Waals surface area contributed by atoms with Gasteiger partial charge in [0.05, 0.1) is 5.56 Å². The molecule has 10 heteroatoms. The highest BCUT2D eigenvalue weighted by Crippen LogP contribution is 2.29. The van der Waals surface area contributed by atoms with Crippen LogP contribution in [0, 0.1) is 0 Å². The lowest BCUT2D eigenvalue weighted by molar-refractivity contribution is 0.0994. The number of hydrogen-bond donors (Lipinski definition) is 2. The summed E-state index contributed by atoms with van der Waals surface area (Å²) in [6.07, 6.45) is 0. The largest absolute Gasteiger partial charge is 0.488 e. The number of carbonyl (C=O) groups excluding carboxylic acids is 2. The van der Waals surface area contributed by atoms with Crippen molar-refractivity contribution in [1.82, 2.24) is 10.2 Å². The Morgan fingerprint density at radius 3 is 2.75 bits per heavy atom. The highest BCUT2D eigenvalue weighted by Gasteiger charge is 2.13. The van der Waals surface area contributed by atoms with Gasteiger partial charge in [-0.05, 0) is 41.3 Å². The van der Waals surface area contributed by atoms with Crippen LogP contribution in [0.25, 0.3) is 0 Å². The Balaban J connectivity index is 1.36. The highest BCUT2D eigenvalue weighted by molar-refractivity contribution is 8.00. The summed E-state index contributed by atoms with van der Waals surface area (Å²) in [5.41, 5.74) is 6.94. The van der Waals surface area contributed by atoms with Crippen LogP contribution in [-0.4, -0.2) is 22.0 Å². The van der Waals surface area contributed by atoms with Gasteiger partial charge in [-0.1, -0.05) is 53.4 Å². The minimum absolute atomic E-state index is 0.188. The molecule has 0 aliphatic heterocycles. The van der Waals surface area contributed by atoms with Crippen LogP contribution in [0.2, 0.25) is 0 Å². The molecule has 0 fully saturated rings. The zero-order chi connectivity index (χ0) is 22.3. The third-order valence-corrected chi connectivity index (χ3v) is 7.36. The molecular weight excluding hydrogens is 464 g/mol. The molecule has 0 spiro atoms. The summed E-state index contributed by atoms with van der Waals surface area (Å²) in [6, 6.07) is 17.9. The summed E-state index contributed by atoms with van der Waals surface area (Å²) < 4.78 is 6.54. The van der Waals surface area contributed by atoms with Crippen molar-refractivity contribution in [1.29, 1.82) is 0 Å². The van der Waals surface area contributed by atoms with Gasteiger partial charge >= 0.3 is 0 Å². The second-order valence-electron chi connectivity index (χ2n) is 6.54. The number of para-hydroxylation sites is 1. The molecule has 0 unspecified atom stereocenters. The van der Waals surface area contributed by atoms with Crippen molar-refractivity contribution in [3.63, 3.8) is 0 Å². The van der Waals surface area contributed by atoms with E-state index in [0.717, 1.165) is 15.7 Å². The fourth-order valence-electron chi connectivity index (χ4n) is 2.77. The molecule has 3 N–H and O–H groups in total. The Morgan fingerprint density at radius 2 is 1.94 bits per heavy atom. The Hall–Kier alpha value is -3.21. The molecule has 0 radical (unpaired) electrons. The third kappa shape index (κ3) is 5.72. The maximum absolute atomic E-state index is 12.7. The summed E-state index contributed by atoms with van der Waals surface area (Å²) in [6.45, 7) is 0.188. The zero-order valence-electron chi connectivity index (χ0n) is 16.7. The zero-order valence-corrected chi connectivity index (χ0v) is 19.1. The van der Waals surface area contributed by atoms with Gasteiger partial charge in [-0.2, -0.15) is 0 Å². The molecule has 2 heterocycles. The Kier molecular flexibility index (Phi) is 7.15. The predicted molar refractivity (Wildman–Crippen MR) is 127 cm³/mol. The summed E-state index contributed by atoms with van der Waals surface area (Å²) in [4.78, 5) is 25.4. The van der Waals surface area contributed by atoms with Crippen molar-refractivity contribution in [3.05, 3.63) is 87.6 Å². The van der Waals surface area contributed by atoms with Crippen molar-refractivity contribution in [2.24, 2.45) is 5.73 Å². The lowest BCUT2D eigenvalue weighted by Crippen LogP contribution is -2.13. The van der Waals surface area contributed by atoms with Gasteiger partial charge in [-0.3, -0.25) is 14.9 Å². The predicted octanol–water partition coefficient (Wildman–Crippen LogP) is 4.82. The Labute approximate surface area is 196 Å². The van der Waals surface area contributed by atoms with Gasteiger partial charge in [0, 0.05) is 16.2 Å². The summed E-state index contributed by atoms with van der Waals surface area (Å²) in [7, 11) is 0. The molecule has 162 valence electrons. The number of anilines is 1. The molecule has 32 heavy (non-hydrogen) atoms. The highest BCUT2D eigenvalue weighted by atomic mass is 32.2. The van der Waals surface area contributed by atoms with Crippen LogP contribution in [0.3, 0.4) is 0 Å². The first-order valence-corrected chi connectivity index (χ1v) is 12.2. The molecule has 4 rings (SSSR count). The number of aromatic nitrogens is 2. The minimum atomic E-state index is -0.557. The van der Waals surface area contributed by atoms with Crippen molar-refractivity contribution in [3.8, 4) is 5.75 Å². The first-order chi connectivity index (χ1) is 15.6. The number of thioether (sulfide) groups is 1. The molecule has 0 bridgehead atoms. The Bertz CT molecular complexity index is 1220. The average Bonchev–Trinajstić information content (AvgIpc) is 3.48. The van der Waals surface area contributed by atoms with Crippen molar-refractivity contribution >= 4 is 51.4 Å². The number of carbonyl (C=O) groups is 2. The Morgan fingerprint density at radius 1 is 1.06 bits per heavy atom. The second kappa shape index (κ2) is 10.4. The standard InChI is InChI=1S/C22H18N4O3S3/c23-19(27)17-8-1-2-9-18(17)29-12-14-5-3-6-15(11-14)20(28)24-21-25-26-22(32-21)31-13-16-7-4-10-30-16/h1-11H,12-13H2,(H2,23,27)(H,24,25,28). The smallest absolute Gasteiger partial charge is 0.257 e. The number of nitrogens with one attached hydrogen (secondary N) is 1. The maximum Gasteiger partial charge on any atom is 0.257 e. The first-order valence-electron chi connectivity index (χ1n) is 9.49. The van der Waals surface area contributed by atoms with E-state index in [0.29, 0.717) is 22.0 Å². The van der Waals surface area contributed by atoms with Crippen LogP contribution >= 0.6 is 34.4 Å². The van der Waals surface area contributed by atoms with Crippen LogP contribution in [0.5, 0.6) is 5.75 Å². The number of ether oxygens (including phenoxy) is 1. The number of thiophene rings is 1. The molecule has 2 aromatic carbocycles. The van der Waals surface area contributed by atoms with E-state index in [9.17, 15) is 9.59 Å². The SMILES string of the molecule is NC(=O)c1ccccc1OCc1cccc(C(=O)Nc2nnc(SCc3cccs3)s2)c1. The van der Waals surface area contributed by atoms with E-state index in [1.54, 1.807) is 65.6 Å². The van der Waals surface area contributed by atoms with Crippen LogP contribution in [-0.2, 0) is 12.4 Å². The quantitative estimate of drug-likeness (QED) is 0.262. The maximum atomic E-state index is 12.7. The fraction of sp³-hybridized carbons (Fsp3) is 0.0909. The molecule has 0 saturated carbocycles. The van der Waals surface area contributed by atoms with Crippen LogP contribution in [0.4, 0.5) is 5.13 Å². The molecule has 2 aromatic heterocycles. The van der Waals surface area contributed by atoms with E-state index in [1.807, 2.05) is 17.5 Å². The molecule has 0 aliphatic rings. The molecule has 0 saturated heterocycles. The van der Waals surface area contributed by atoms with Crippen LogP contribution in [0.1, 0.15) is 31.2 Å². The van der Waals surface area contributed by atoms with E-state index < -0.39 is 5.91 Å². The van der Waals surface area contributed by atoms with Crippen molar-refractivity contribution in [2.45, 2.75) is 16.7 Å². The molecule has 7 nitrogen and oxygen atoms in total.